The molecule has 0 aliphatic carbocycles. The maximum Gasteiger partial charge on any atom is 0.0862 e. The molecule has 1 heterocycles. The van der Waals surface area contributed by atoms with E-state index in [2.05, 4.69) is 54.9 Å². The number of hydrogen-bond acceptors (Lipinski definition) is 1. The van der Waals surface area contributed by atoms with Gasteiger partial charge in [0.05, 0.1) is 11.9 Å². The lowest BCUT2D eigenvalue weighted by Gasteiger charge is -2.15. The number of hydrogen-bond donors (Lipinski definition) is 0. The highest BCUT2D eigenvalue weighted by Crippen LogP contribution is 2.21. The van der Waals surface area contributed by atoms with E-state index >= 15 is 0 Å². The molecule has 2 nitrogen and oxygen atoms in total. The molecule has 1 aliphatic rings. The van der Waals surface area contributed by atoms with Crippen molar-refractivity contribution in [2.45, 2.75) is 39.4 Å². The van der Waals surface area contributed by atoms with E-state index < -0.39 is 0 Å². The van der Waals surface area contributed by atoms with E-state index in [0.29, 0.717) is 0 Å². The Balaban J connectivity index is 2.05. The van der Waals surface area contributed by atoms with E-state index in [-0.39, 0.29) is 5.54 Å². The molecule has 0 amide bonds. The third kappa shape index (κ3) is 2.58. The first-order chi connectivity index (χ1) is 7.04. The smallest absolute Gasteiger partial charge is 0.0862 e. The summed E-state index contributed by atoms with van der Waals surface area (Å²) >= 11 is 0. The van der Waals surface area contributed by atoms with Crippen molar-refractivity contribution in [2.24, 2.45) is 4.99 Å². The van der Waals surface area contributed by atoms with Crippen molar-refractivity contribution in [3.8, 4) is 0 Å². The molecule has 1 aromatic rings. The highest BCUT2D eigenvalue weighted by Gasteiger charge is 2.16. The lowest BCUT2D eigenvalue weighted by Crippen LogP contribution is -2.18. The molecular weight excluding hydrogens is 184 g/mol. The van der Waals surface area contributed by atoms with Gasteiger partial charge >= 0.3 is 0 Å². The zero-order valence-corrected chi connectivity index (χ0v) is 9.70. The highest BCUT2D eigenvalue weighted by atomic mass is 15.2. The zero-order chi connectivity index (χ0) is 10.9. The Bertz CT molecular complexity index is 349. The minimum atomic E-state index is 0.0226. The van der Waals surface area contributed by atoms with Crippen LogP contribution in [0.5, 0.6) is 0 Å². The average molecular weight is 202 g/mol. The Kier molecular flexibility index (Phi) is 2.51. The molecule has 0 unspecified atom stereocenters. The van der Waals surface area contributed by atoms with E-state index in [1.807, 2.05) is 6.34 Å². The molecule has 1 aromatic carbocycles. The Morgan fingerprint density at radius 2 is 1.67 bits per heavy atom. The molecular formula is C13H18N2. The molecule has 0 radical (unpaired) electrons. The van der Waals surface area contributed by atoms with Gasteiger partial charge in [0.2, 0.25) is 0 Å². The molecule has 0 saturated carbocycles. The number of aliphatic imine (C=N–C) groups is 1. The van der Waals surface area contributed by atoms with Gasteiger partial charge in [0.25, 0.3) is 0 Å². The normalized spacial score (nSPS) is 16.1. The van der Waals surface area contributed by atoms with Crippen molar-refractivity contribution in [1.82, 2.24) is 4.90 Å². The number of nitrogens with zero attached hydrogens (tertiary/aromatic N) is 2. The predicted molar refractivity (Wildman–Crippen MR) is 63.9 cm³/mol. The van der Waals surface area contributed by atoms with Crippen molar-refractivity contribution in [3.05, 3.63) is 35.4 Å². The van der Waals surface area contributed by atoms with Crippen molar-refractivity contribution in [1.29, 1.82) is 0 Å². The molecule has 15 heavy (non-hydrogen) atoms. The highest BCUT2D eigenvalue weighted by molar-refractivity contribution is 5.57. The average Bonchev–Trinajstić information content (AvgIpc) is 2.56. The van der Waals surface area contributed by atoms with Crippen LogP contribution in [0, 0.1) is 0 Å². The third-order valence-electron chi connectivity index (χ3n) is 2.47. The van der Waals surface area contributed by atoms with Crippen LogP contribution >= 0.6 is 0 Å². The minimum Gasteiger partial charge on any atom is -0.354 e. The van der Waals surface area contributed by atoms with Gasteiger partial charge in [-0.1, -0.05) is 24.3 Å². The van der Waals surface area contributed by atoms with Crippen molar-refractivity contribution in [2.75, 3.05) is 0 Å². The molecule has 0 aromatic heterocycles. The van der Waals surface area contributed by atoms with Crippen LogP contribution in [0.25, 0.3) is 0 Å². The maximum absolute atomic E-state index is 4.52. The molecule has 0 N–H and O–H groups in total. The van der Waals surface area contributed by atoms with Crippen molar-refractivity contribution in [3.63, 3.8) is 0 Å². The van der Waals surface area contributed by atoms with E-state index in [9.17, 15) is 0 Å². The van der Waals surface area contributed by atoms with Crippen LogP contribution in [0.4, 0.5) is 0 Å². The van der Waals surface area contributed by atoms with Crippen LogP contribution in [0.2, 0.25) is 0 Å². The molecule has 0 spiro atoms. The summed E-state index contributed by atoms with van der Waals surface area (Å²) in [6.07, 6.45) is 1.99. The Morgan fingerprint density at radius 1 is 1.13 bits per heavy atom. The minimum absolute atomic E-state index is 0.0226. The van der Waals surface area contributed by atoms with Gasteiger partial charge in [0.15, 0.2) is 0 Å². The molecule has 0 bridgehead atoms. The van der Waals surface area contributed by atoms with Gasteiger partial charge in [-0.25, -0.2) is 0 Å². The second kappa shape index (κ2) is 3.69. The first-order valence-corrected chi connectivity index (χ1v) is 5.41. The summed E-state index contributed by atoms with van der Waals surface area (Å²) < 4.78 is 0. The Hall–Kier alpha value is -1.31. The van der Waals surface area contributed by atoms with E-state index in [0.717, 1.165) is 13.1 Å². The Labute approximate surface area is 91.6 Å². The molecule has 0 saturated heterocycles. The summed E-state index contributed by atoms with van der Waals surface area (Å²) in [4.78, 5) is 6.78. The van der Waals surface area contributed by atoms with E-state index in [1.165, 1.54) is 11.1 Å². The second-order valence-corrected chi connectivity index (χ2v) is 5.09. The maximum atomic E-state index is 4.52. The molecule has 2 rings (SSSR count). The molecule has 1 aliphatic heterocycles. The summed E-state index contributed by atoms with van der Waals surface area (Å²) in [6.45, 7) is 8.34. The summed E-state index contributed by atoms with van der Waals surface area (Å²) in [5.41, 5.74) is 2.88. The molecule has 2 heteroatoms. The summed E-state index contributed by atoms with van der Waals surface area (Å²) in [5.74, 6) is 0. The summed E-state index contributed by atoms with van der Waals surface area (Å²) in [7, 11) is 0. The van der Waals surface area contributed by atoms with Crippen LogP contribution in [0.3, 0.4) is 0 Å². The summed E-state index contributed by atoms with van der Waals surface area (Å²) in [5, 5.41) is 0. The quantitative estimate of drug-likeness (QED) is 0.505. The van der Waals surface area contributed by atoms with Crippen molar-refractivity contribution >= 4 is 6.34 Å². The van der Waals surface area contributed by atoms with E-state index in [1.54, 1.807) is 0 Å². The third-order valence-corrected chi connectivity index (χ3v) is 2.47. The van der Waals surface area contributed by atoms with Crippen LogP contribution in [-0.2, 0) is 13.1 Å². The standard InChI is InChI=1S/C13H18N2/c1-13(2,3)14-10-15-8-11-6-4-5-7-12(11)9-15/h4-7,10H,8-9H2,1-3H3. The van der Waals surface area contributed by atoms with Crippen LogP contribution in [0.15, 0.2) is 29.3 Å². The topological polar surface area (TPSA) is 15.6 Å². The SMILES string of the molecule is CC(C)(C)N=CN1Cc2ccccc2C1. The van der Waals surface area contributed by atoms with Gasteiger partial charge in [-0.15, -0.1) is 0 Å². The van der Waals surface area contributed by atoms with Gasteiger partial charge in [-0.3, -0.25) is 4.99 Å². The largest absolute Gasteiger partial charge is 0.354 e. The fraction of sp³-hybridized carbons (Fsp3) is 0.462. The van der Waals surface area contributed by atoms with Gasteiger partial charge in [-0.2, -0.15) is 0 Å². The number of fused-ring (bicyclic) bond motifs is 1. The fourth-order valence-corrected chi connectivity index (χ4v) is 1.70. The lowest BCUT2D eigenvalue weighted by molar-refractivity contribution is 0.450. The monoisotopic (exact) mass is 202 g/mol. The van der Waals surface area contributed by atoms with Crippen LogP contribution < -0.4 is 0 Å². The van der Waals surface area contributed by atoms with Gasteiger partial charge in [0, 0.05) is 13.1 Å². The van der Waals surface area contributed by atoms with Gasteiger partial charge < -0.3 is 4.90 Å². The molecule has 80 valence electrons. The molecule has 0 atom stereocenters. The number of benzene rings is 1. The van der Waals surface area contributed by atoms with Gasteiger partial charge in [0.1, 0.15) is 0 Å². The predicted octanol–water partition coefficient (Wildman–Crippen LogP) is 2.83. The number of rotatable bonds is 1. The zero-order valence-electron chi connectivity index (χ0n) is 9.70. The van der Waals surface area contributed by atoms with Crippen LogP contribution in [0.1, 0.15) is 31.9 Å². The molecule has 0 fully saturated rings. The van der Waals surface area contributed by atoms with Gasteiger partial charge in [-0.05, 0) is 31.9 Å². The fourth-order valence-electron chi connectivity index (χ4n) is 1.70. The van der Waals surface area contributed by atoms with E-state index in [4.69, 9.17) is 0 Å². The second-order valence-electron chi connectivity index (χ2n) is 5.09. The van der Waals surface area contributed by atoms with Crippen molar-refractivity contribution < 1.29 is 0 Å². The first kappa shape index (κ1) is 10.2. The Morgan fingerprint density at radius 3 is 2.13 bits per heavy atom. The first-order valence-electron chi connectivity index (χ1n) is 5.41. The summed E-state index contributed by atoms with van der Waals surface area (Å²) in [6, 6.07) is 8.59. The lowest BCUT2D eigenvalue weighted by atomic mass is 10.1. The van der Waals surface area contributed by atoms with Crippen LogP contribution in [-0.4, -0.2) is 16.8 Å².